The third kappa shape index (κ3) is 5.04. The number of rotatable bonds is 6. The number of benzene rings is 1. The molecule has 1 heterocycles. The molecule has 28 heavy (non-hydrogen) atoms. The van der Waals surface area contributed by atoms with Crippen LogP contribution in [0.2, 0.25) is 0 Å². The van der Waals surface area contributed by atoms with Crippen LogP contribution in [0.15, 0.2) is 18.2 Å². The minimum Gasteiger partial charge on any atom is -0.466 e. The third-order valence-electron chi connectivity index (χ3n) is 5.10. The number of aryl methyl sites for hydroxylation is 2. The maximum absolute atomic E-state index is 13.1. The highest BCUT2D eigenvalue weighted by atomic mass is 32.2. The first kappa shape index (κ1) is 22.2. The van der Waals surface area contributed by atoms with Crippen molar-refractivity contribution in [3.8, 4) is 0 Å². The number of nitrogens with zero attached hydrogens (tertiary/aromatic N) is 2. The van der Waals surface area contributed by atoms with Gasteiger partial charge in [0.25, 0.3) is 0 Å². The van der Waals surface area contributed by atoms with Crippen molar-refractivity contribution in [2.45, 2.75) is 46.6 Å². The number of ether oxygens (including phenoxy) is 1. The number of piperidine rings is 1. The molecule has 8 heteroatoms. The van der Waals surface area contributed by atoms with E-state index in [9.17, 15) is 18.0 Å². The number of likely N-dealkylation sites (tertiary alicyclic amines) is 1. The Morgan fingerprint density at radius 3 is 2.39 bits per heavy atom. The summed E-state index contributed by atoms with van der Waals surface area (Å²) in [6, 6.07) is 4.68. The van der Waals surface area contributed by atoms with Gasteiger partial charge in [-0.3, -0.25) is 13.9 Å². The predicted octanol–water partition coefficient (Wildman–Crippen LogP) is 2.26. The maximum Gasteiger partial charge on any atom is 0.309 e. The predicted molar refractivity (Wildman–Crippen MR) is 109 cm³/mol. The van der Waals surface area contributed by atoms with E-state index in [4.69, 9.17) is 4.74 Å². The normalized spacial score (nSPS) is 16.5. The molecule has 0 N–H and O–H groups in total. The van der Waals surface area contributed by atoms with E-state index in [1.807, 2.05) is 26.0 Å². The van der Waals surface area contributed by atoms with Crippen molar-refractivity contribution in [2.24, 2.45) is 5.92 Å². The number of sulfonamides is 1. The van der Waals surface area contributed by atoms with Gasteiger partial charge in [-0.15, -0.1) is 0 Å². The van der Waals surface area contributed by atoms with Crippen molar-refractivity contribution >= 4 is 27.6 Å². The minimum absolute atomic E-state index is 0.204. The Hall–Kier alpha value is -2.09. The van der Waals surface area contributed by atoms with Gasteiger partial charge in [0.15, 0.2) is 0 Å². The molecule has 1 atom stereocenters. The first-order chi connectivity index (χ1) is 13.1. The Labute approximate surface area is 167 Å². The first-order valence-electron chi connectivity index (χ1n) is 9.58. The van der Waals surface area contributed by atoms with Crippen molar-refractivity contribution in [3.63, 3.8) is 0 Å². The van der Waals surface area contributed by atoms with E-state index < -0.39 is 16.1 Å². The summed E-state index contributed by atoms with van der Waals surface area (Å²) in [4.78, 5) is 26.6. The molecule has 0 bridgehead atoms. The van der Waals surface area contributed by atoms with Crippen LogP contribution in [0.3, 0.4) is 0 Å². The number of hydrogen-bond acceptors (Lipinski definition) is 5. The van der Waals surface area contributed by atoms with E-state index in [-0.39, 0.29) is 17.8 Å². The maximum atomic E-state index is 13.1. The molecule has 0 aromatic heterocycles. The molecule has 1 aromatic rings. The lowest BCUT2D eigenvalue weighted by atomic mass is 9.96. The van der Waals surface area contributed by atoms with Crippen LogP contribution in [0.1, 0.15) is 37.8 Å². The zero-order valence-electron chi connectivity index (χ0n) is 17.3. The second-order valence-electron chi connectivity index (χ2n) is 7.38. The minimum atomic E-state index is -3.66. The van der Waals surface area contributed by atoms with Gasteiger partial charge in [-0.25, -0.2) is 8.42 Å². The molecule has 0 radical (unpaired) electrons. The lowest BCUT2D eigenvalue weighted by Crippen LogP contribution is -2.52. The van der Waals surface area contributed by atoms with Crippen molar-refractivity contribution in [1.82, 2.24) is 4.90 Å². The molecule has 0 unspecified atom stereocenters. The van der Waals surface area contributed by atoms with Crippen LogP contribution in [0.5, 0.6) is 0 Å². The van der Waals surface area contributed by atoms with E-state index in [0.717, 1.165) is 17.4 Å². The monoisotopic (exact) mass is 410 g/mol. The van der Waals surface area contributed by atoms with E-state index in [2.05, 4.69) is 0 Å². The SMILES string of the molecule is CCOC(=O)C1CCN(C(=O)[C@H](C)N(c2cc(C)ccc2C)S(C)(=O)=O)CC1. The molecule has 2 rings (SSSR count). The number of amides is 1. The zero-order chi connectivity index (χ0) is 21.1. The Balaban J connectivity index is 2.19. The van der Waals surface area contributed by atoms with E-state index >= 15 is 0 Å². The lowest BCUT2D eigenvalue weighted by molar-refractivity contribution is -0.151. The van der Waals surface area contributed by atoms with Gasteiger partial charge >= 0.3 is 5.97 Å². The van der Waals surface area contributed by atoms with E-state index in [1.54, 1.807) is 24.8 Å². The molecule has 0 saturated carbocycles. The lowest BCUT2D eigenvalue weighted by Gasteiger charge is -2.36. The van der Waals surface area contributed by atoms with Gasteiger partial charge < -0.3 is 9.64 Å². The smallest absolute Gasteiger partial charge is 0.309 e. The number of carbonyl (C=O) groups excluding carboxylic acids is 2. The fourth-order valence-corrected chi connectivity index (χ4v) is 4.81. The summed E-state index contributed by atoms with van der Waals surface area (Å²) < 4.78 is 31.3. The summed E-state index contributed by atoms with van der Waals surface area (Å²) in [6.45, 7) is 8.27. The molecule has 1 aromatic carbocycles. The average Bonchev–Trinajstić information content (AvgIpc) is 2.63. The largest absolute Gasteiger partial charge is 0.466 e. The fraction of sp³-hybridized carbons (Fsp3) is 0.600. The highest BCUT2D eigenvalue weighted by Crippen LogP contribution is 2.28. The Kier molecular flexibility index (Phi) is 7.09. The van der Waals surface area contributed by atoms with Crippen molar-refractivity contribution in [1.29, 1.82) is 0 Å². The molecule has 7 nitrogen and oxygen atoms in total. The van der Waals surface area contributed by atoms with Crippen LogP contribution in [0.4, 0.5) is 5.69 Å². The molecule has 1 amide bonds. The van der Waals surface area contributed by atoms with Crippen LogP contribution in [-0.4, -0.2) is 57.2 Å². The van der Waals surface area contributed by atoms with Gasteiger partial charge in [-0.1, -0.05) is 12.1 Å². The highest BCUT2D eigenvalue weighted by Gasteiger charge is 2.35. The summed E-state index contributed by atoms with van der Waals surface area (Å²) >= 11 is 0. The molecule has 0 aliphatic carbocycles. The van der Waals surface area contributed by atoms with E-state index in [1.165, 1.54) is 4.31 Å². The summed E-state index contributed by atoms with van der Waals surface area (Å²) in [5, 5.41) is 0. The van der Waals surface area contributed by atoms with Gasteiger partial charge in [-0.05, 0) is 57.7 Å². The van der Waals surface area contributed by atoms with Crippen LogP contribution >= 0.6 is 0 Å². The van der Waals surface area contributed by atoms with Gasteiger partial charge in [0.2, 0.25) is 15.9 Å². The Bertz CT molecular complexity index is 829. The summed E-state index contributed by atoms with van der Waals surface area (Å²) in [6.07, 6.45) is 2.17. The topological polar surface area (TPSA) is 84.0 Å². The van der Waals surface area contributed by atoms with Gasteiger partial charge in [0, 0.05) is 13.1 Å². The molecule has 0 spiro atoms. The van der Waals surface area contributed by atoms with Crippen molar-refractivity contribution in [3.05, 3.63) is 29.3 Å². The Morgan fingerprint density at radius 1 is 1.25 bits per heavy atom. The van der Waals surface area contributed by atoms with Gasteiger partial charge in [-0.2, -0.15) is 0 Å². The molecule has 1 fully saturated rings. The quantitative estimate of drug-likeness (QED) is 0.672. The molecular weight excluding hydrogens is 380 g/mol. The first-order valence-corrected chi connectivity index (χ1v) is 11.4. The van der Waals surface area contributed by atoms with Gasteiger partial charge in [0.05, 0.1) is 24.5 Å². The van der Waals surface area contributed by atoms with Crippen LogP contribution in [0.25, 0.3) is 0 Å². The molecule has 156 valence electrons. The van der Waals surface area contributed by atoms with Gasteiger partial charge in [0.1, 0.15) is 6.04 Å². The molecular formula is C20H30N2O5S. The van der Waals surface area contributed by atoms with Crippen LogP contribution < -0.4 is 4.31 Å². The van der Waals surface area contributed by atoms with E-state index in [0.29, 0.717) is 38.2 Å². The molecule has 1 aliphatic heterocycles. The average molecular weight is 411 g/mol. The molecule has 1 aliphatic rings. The van der Waals surface area contributed by atoms with Crippen molar-refractivity contribution in [2.75, 3.05) is 30.3 Å². The number of esters is 1. The number of carbonyl (C=O) groups is 2. The Morgan fingerprint density at radius 2 is 1.86 bits per heavy atom. The van der Waals surface area contributed by atoms with Crippen molar-refractivity contribution < 1.29 is 22.7 Å². The highest BCUT2D eigenvalue weighted by molar-refractivity contribution is 7.92. The zero-order valence-corrected chi connectivity index (χ0v) is 18.1. The standard InChI is InChI=1S/C20H30N2O5S/c1-6-27-20(24)17-9-11-21(12-10-17)19(23)16(4)22(28(5,25)26)18-13-14(2)7-8-15(18)3/h7-8,13,16-17H,6,9-12H2,1-5H3/t16-/m0/s1. The van der Waals surface area contributed by atoms with Crippen LogP contribution in [0, 0.1) is 19.8 Å². The molecule has 1 saturated heterocycles. The number of anilines is 1. The third-order valence-corrected chi connectivity index (χ3v) is 6.32. The summed E-state index contributed by atoms with van der Waals surface area (Å²) in [5.74, 6) is -0.686. The summed E-state index contributed by atoms with van der Waals surface area (Å²) in [5.41, 5.74) is 2.23. The number of hydrogen-bond donors (Lipinski definition) is 0. The second-order valence-corrected chi connectivity index (χ2v) is 9.24. The second kappa shape index (κ2) is 8.94. The van der Waals surface area contributed by atoms with Crippen LogP contribution in [-0.2, 0) is 24.3 Å². The fourth-order valence-electron chi connectivity index (χ4n) is 3.59. The summed E-state index contributed by atoms with van der Waals surface area (Å²) in [7, 11) is -3.66.